The van der Waals surface area contributed by atoms with E-state index in [-0.39, 0.29) is 0 Å². The molecule has 1 aromatic rings. The van der Waals surface area contributed by atoms with Crippen molar-refractivity contribution in [2.45, 2.75) is 45.3 Å². The van der Waals surface area contributed by atoms with Gasteiger partial charge in [0.05, 0.1) is 5.60 Å². The van der Waals surface area contributed by atoms with Gasteiger partial charge in [-0.25, -0.2) is 0 Å². The number of hydrogen-bond donors (Lipinski definition) is 1. The number of β-amino-alcohol motifs (C(OH)–C–C–N with tert-alkyl or cyclic N) is 1. The van der Waals surface area contributed by atoms with Crippen LogP contribution in [0.4, 0.5) is 0 Å². The summed E-state index contributed by atoms with van der Waals surface area (Å²) in [6, 6.07) is 2.85. The van der Waals surface area contributed by atoms with E-state index in [0.29, 0.717) is 6.04 Å². The minimum atomic E-state index is -0.470. The molecule has 3 rings (SSSR count). The van der Waals surface area contributed by atoms with Crippen LogP contribution in [0.3, 0.4) is 0 Å². The van der Waals surface area contributed by atoms with Crippen molar-refractivity contribution >= 4 is 15.9 Å². The van der Waals surface area contributed by atoms with Crippen molar-refractivity contribution in [2.75, 3.05) is 13.1 Å². The fourth-order valence-electron chi connectivity index (χ4n) is 3.52. The molecule has 1 atom stereocenters. The maximum absolute atomic E-state index is 9.90. The van der Waals surface area contributed by atoms with E-state index in [0.717, 1.165) is 13.1 Å². The Kier molecular flexibility index (Phi) is 2.85. The Morgan fingerprint density at radius 3 is 2.67 bits per heavy atom. The number of aryl methyl sites for hydroxylation is 1. The fraction of sp³-hybridized carbons (Fsp3) is 0.600. The normalized spacial score (nSPS) is 25.9. The Bertz CT molecular complexity index is 502. The van der Waals surface area contributed by atoms with Crippen LogP contribution in [0.2, 0.25) is 0 Å². The summed E-state index contributed by atoms with van der Waals surface area (Å²) in [7, 11) is 0. The van der Waals surface area contributed by atoms with E-state index >= 15 is 0 Å². The lowest BCUT2D eigenvalue weighted by atomic mass is 9.92. The molecular formula is C15H20BrNO. The van der Waals surface area contributed by atoms with Gasteiger partial charge in [-0.05, 0) is 55.9 Å². The van der Waals surface area contributed by atoms with Gasteiger partial charge >= 0.3 is 0 Å². The third-order valence-corrected chi connectivity index (χ3v) is 5.62. The summed E-state index contributed by atoms with van der Waals surface area (Å²) in [5.41, 5.74) is 5.26. The molecule has 0 spiro atoms. The average molecular weight is 310 g/mol. The summed E-state index contributed by atoms with van der Waals surface area (Å²) >= 11 is 3.69. The van der Waals surface area contributed by atoms with Crippen molar-refractivity contribution in [3.8, 4) is 0 Å². The van der Waals surface area contributed by atoms with E-state index in [1.54, 1.807) is 0 Å². The smallest absolute Gasteiger partial charge is 0.0872 e. The van der Waals surface area contributed by atoms with Gasteiger partial charge in [-0.2, -0.15) is 0 Å². The highest BCUT2D eigenvalue weighted by molar-refractivity contribution is 9.10. The molecule has 2 nitrogen and oxygen atoms in total. The van der Waals surface area contributed by atoms with Crippen LogP contribution in [-0.2, 0) is 6.42 Å². The van der Waals surface area contributed by atoms with Crippen LogP contribution in [0.15, 0.2) is 10.5 Å². The number of benzene rings is 1. The zero-order chi connectivity index (χ0) is 13.1. The molecule has 0 amide bonds. The summed E-state index contributed by atoms with van der Waals surface area (Å²) in [5, 5.41) is 9.90. The predicted molar refractivity (Wildman–Crippen MR) is 76.9 cm³/mol. The van der Waals surface area contributed by atoms with Gasteiger partial charge in [0.1, 0.15) is 0 Å². The third kappa shape index (κ3) is 1.84. The first-order chi connectivity index (χ1) is 8.39. The molecule has 18 heavy (non-hydrogen) atoms. The number of hydrogen-bond acceptors (Lipinski definition) is 2. The van der Waals surface area contributed by atoms with Crippen LogP contribution in [0.1, 0.15) is 41.6 Å². The minimum Gasteiger partial charge on any atom is -0.388 e. The highest BCUT2D eigenvalue weighted by Gasteiger charge is 2.42. The van der Waals surface area contributed by atoms with Crippen LogP contribution < -0.4 is 0 Å². The molecule has 1 aliphatic carbocycles. The fourth-order valence-corrected chi connectivity index (χ4v) is 3.88. The Labute approximate surface area is 117 Å². The summed E-state index contributed by atoms with van der Waals surface area (Å²) < 4.78 is 1.26. The Balaban J connectivity index is 1.93. The van der Waals surface area contributed by atoms with Gasteiger partial charge in [-0.15, -0.1) is 0 Å². The standard InChI is InChI=1S/C15H20BrNO/c1-9-6-12-11(10(2)14(9)16)4-5-13(12)17-7-15(3,18)8-17/h6,13,18H,4-5,7-8H2,1-3H3. The second-order valence-corrected chi connectivity index (χ2v) is 6.95. The third-order valence-electron chi connectivity index (χ3n) is 4.40. The lowest BCUT2D eigenvalue weighted by Gasteiger charge is -2.47. The molecule has 1 fully saturated rings. The summed E-state index contributed by atoms with van der Waals surface area (Å²) in [6.45, 7) is 7.93. The molecule has 0 saturated carbocycles. The van der Waals surface area contributed by atoms with E-state index in [1.807, 2.05) is 6.92 Å². The first-order valence-electron chi connectivity index (χ1n) is 6.64. The van der Waals surface area contributed by atoms with E-state index in [2.05, 4.69) is 40.7 Å². The summed E-state index contributed by atoms with van der Waals surface area (Å²) in [5.74, 6) is 0. The molecule has 98 valence electrons. The van der Waals surface area contributed by atoms with E-state index in [9.17, 15) is 5.11 Å². The predicted octanol–water partition coefficient (Wildman–Crippen LogP) is 3.12. The van der Waals surface area contributed by atoms with Crippen LogP contribution in [0.5, 0.6) is 0 Å². The van der Waals surface area contributed by atoms with Crippen molar-refractivity contribution in [2.24, 2.45) is 0 Å². The molecular weight excluding hydrogens is 290 g/mol. The lowest BCUT2D eigenvalue weighted by Crippen LogP contribution is -2.60. The van der Waals surface area contributed by atoms with Gasteiger partial charge in [0.2, 0.25) is 0 Å². The molecule has 0 radical (unpaired) electrons. The number of rotatable bonds is 1. The topological polar surface area (TPSA) is 23.5 Å². The van der Waals surface area contributed by atoms with Gasteiger partial charge in [-0.1, -0.05) is 22.0 Å². The largest absolute Gasteiger partial charge is 0.388 e. The maximum Gasteiger partial charge on any atom is 0.0872 e. The molecule has 1 aromatic carbocycles. The number of halogens is 1. The summed E-state index contributed by atoms with van der Waals surface area (Å²) in [4.78, 5) is 2.42. The molecule has 1 aliphatic heterocycles. The van der Waals surface area contributed by atoms with Gasteiger partial charge in [0.15, 0.2) is 0 Å². The number of likely N-dealkylation sites (tertiary alicyclic amines) is 1. The average Bonchev–Trinajstić information content (AvgIpc) is 2.66. The first kappa shape index (κ1) is 12.6. The van der Waals surface area contributed by atoms with E-state index in [1.165, 1.54) is 39.6 Å². The molecule has 0 aromatic heterocycles. The Morgan fingerprint density at radius 2 is 2.06 bits per heavy atom. The molecule has 2 aliphatic rings. The number of fused-ring (bicyclic) bond motifs is 1. The second kappa shape index (κ2) is 4.06. The molecule has 1 saturated heterocycles. The van der Waals surface area contributed by atoms with E-state index in [4.69, 9.17) is 0 Å². The monoisotopic (exact) mass is 309 g/mol. The van der Waals surface area contributed by atoms with Crippen molar-refractivity contribution < 1.29 is 5.11 Å². The molecule has 1 unspecified atom stereocenters. The molecule has 0 bridgehead atoms. The maximum atomic E-state index is 9.90. The van der Waals surface area contributed by atoms with Gasteiger partial charge in [0.25, 0.3) is 0 Å². The van der Waals surface area contributed by atoms with Crippen LogP contribution in [0.25, 0.3) is 0 Å². The quantitative estimate of drug-likeness (QED) is 0.861. The SMILES string of the molecule is Cc1cc2c(c(C)c1Br)CCC2N1CC(C)(O)C1. The molecule has 3 heteroatoms. The minimum absolute atomic E-state index is 0.470. The number of aliphatic hydroxyl groups is 1. The van der Waals surface area contributed by atoms with Crippen LogP contribution in [-0.4, -0.2) is 28.7 Å². The highest BCUT2D eigenvalue weighted by Crippen LogP contribution is 2.43. The van der Waals surface area contributed by atoms with Gasteiger partial charge < -0.3 is 5.11 Å². The Hall–Kier alpha value is -0.380. The van der Waals surface area contributed by atoms with Gasteiger partial charge in [-0.3, -0.25) is 4.90 Å². The van der Waals surface area contributed by atoms with Gasteiger partial charge in [0, 0.05) is 23.6 Å². The van der Waals surface area contributed by atoms with Crippen molar-refractivity contribution in [1.82, 2.24) is 4.90 Å². The number of nitrogens with zero attached hydrogens (tertiary/aromatic N) is 1. The van der Waals surface area contributed by atoms with Crippen LogP contribution >= 0.6 is 15.9 Å². The molecule has 1 N–H and O–H groups in total. The highest BCUT2D eigenvalue weighted by atomic mass is 79.9. The lowest BCUT2D eigenvalue weighted by molar-refractivity contribution is -0.103. The second-order valence-electron chi connectivity index (χ2n) is 6.16. The van der Waals surface area contributed by atoms with Crippen molar-refractivity contribution in [1.29, 1.82) is 0 Å². The van der Waals surface area contributed by atoms with Crippen LogP contribution in [0, 0.1) is 13.8 Å². The van der Waals surface area contributed by atoms with Crippen molar-refractivity contribution in [3.63, 3.8) is 0 Å². The molecule has 1 heterocycles. The first-order valence-corrected chi connectivity index (χ1v) is 7.43. The Morgan fingerprint density at radius 1 is 1.39 bits per heavy atom. The zero-order valence-corrected chi connectivity index (χ0v) is 12.8. The van der Waals surface area contributed by atoms with E-state index < -0.39 is 5.60 Å². The summed E-state index contributed by atoms with van der Waals surface area (Å²) in [6.07, 6.45) is 2.37. The zero-order valence-electron chi connectivity index (χ0n) is 11.3. The van der Waals surface area contributed by atoms with Crippen molar-refractivity contribution in [3.05, 3.63) is 32.8 Å².